The molecular weight excluding hydrogens is 256 g/mol. The summed E-state index contributed by atoms with van der Waals surface area (Å²) in [5.41, 5.74) is 7.38. The van der Waals surface area contributed by atoms with E-state index < -0.39 is 5.97 Å². The molecule has 0 radical (unpaired) electrons. The molecular formula is C15H22N2O3. The predicted octanol–water partition coefficient (Wildman–Crippen LogP) is 1.93. The van der Waals surface area contributed by atoms with Gasteiger partial charge in [-0.3, -0.25) is 9.59 Å². The molecule has 1 aromatic carbocycles. The Morgan fingerprint density at radius 1 is 1.30 bits per heavy atom. The highest BCUT2D eigenvalue weighted by molar-refractivity contribution is 5.94. The monoisotopic (exact) mass is 278 g/mol. The van der Waals surface area contributed by atoms with Crippen LogP contribution in [-0.4, -0.2) is 29.6 Å². The van der Waals surface area contributed by atoms with E-state index in [-0.39, 0.29) is 24.9 Å². The summed E-state index contributed by atoms with van der Waals surface area (Å²) in [6.07, 6.45) is 0.845. The summed E-state index contributed by atoms with van der Waals surface area (Å²) in [6, 6.07) is 7.43. The molecule has 5 heteroatoms. The van der Waals surface area contributed by atoms with Crippen LogP contribution in [0, 0.1) is 6.92 Å². The fourth-order valence-electron chi connectivity index (χ4n) is 1.94. The lowest BCUT2D eigenvalue weighted by atomic mass is 10.1. The molecule has 20 heavy (non-hydrogen) atoms. The molecule has 0 aliphatic carbocycles. The Hall–Kier alpha value is -1.88. The first kappa shape index (κ1) is 16.2. The molecule has 110 valence electrons. The molecule has 1 amide bonds. The van der Waals surface area contributed by atoms with Crippen molar-refractivity contribution in [3.8, 4) is 0 Å². The Bertz CT molecular complexity index is 472. The van der Waals surface area contributed by atoms with Crippen molar-refractivity contribution in [3.05, 3.63) is 29.8 Å². The Labute approximate surface area is 119 Å². The summed E-state index contributed by atoms with van der Waals surface area (Å²) in [4.78, 5) is 24.6. The van der Waals surface area contributed by atoms with Crippen LogP contribution in [0.1, 0.15) is 31.7 Å². The van der Waals surface area contributed by atoms with E-state index >= 15 is 0 Å². The standard InChI is InChI=1S/C15H22N2O3/c1-11-5-3-4-6-13(11)17(10-9-15(19)20)14(18)8-7-12(2)16/h3-6,12H,7-10,16H2,1-2H3,(H,19,20). The number of hydrogen-bond acceptors (Lipinski definition) is 3. The third-order valence-electron chi connectivity index (χ3n) is 3.07. The molecule has 3 N–H and O–H groups in total. The van der Waals surface area contributed by atoms with E-state index in [0.29, 0.717) is 12.8 Å². The minimum absolute atomic E-state index is 0.0443. The molecule has 0 bridgehead atoms. The summed E-state index contributed by atoms with van der Waals surface area (Å²) in [6.45, 7) is 3.93. The first-order valence-corrected chi connectivity index (χ1v) is 6.75. The second-order valence-electron chi connectivity index (χ2n) is 4.99. The molecule has 0 saturated carbocycles. The zero-order valence-corrected chi connectivity index (χ0v) is 12.0. The van der Waals surface area contributed by atoms with Crippen LogP contribution < -0.4 is 10.6 Å². The number of anilines is 1. The molecule has 0 aromatic heterocycles. The van der Waals surface area contributed by atoms with Crippen LogP contribution in [0.4, 0.5) is 5.69 Å². The number of carboxylic acid groups (broad SMARTS) is 1. The van der Waals surface area contributed by atoms with Gasteiger partial charge in [-0.1, -0.05) is 18.2 Å². The second kappa shape index (κ2) is 7.65. The Balaban J connectivity index is 2.87. The van der Waals surface area contributed by atoms with Crippen molar-refractivity contribution in [1.29, 1.82) is 0 Å². The van der Waals surface area contributed by atoms with Gasteiger partial charge in [-0.05, 0) is 31.9 Å². The number of amides is 1. The number of nitrogens with two attached hydrogens (primary N) is 1. The van der Waals surface area contributed by atoms with Gasteiger partial charge in [0.25, 0.3) is 0 Å². The van der Waals surface area contributed by atoms with Crippen molar-refractivity contribution in [1.82, 2.24) is 0 Å². The average molecular weight is 278 g/mol. The molecule has 1 aromatic rings. The Morgan fingerprint density at radius 2 is 1.95 bits per heavy atom. The van der Waals surface area contributed by atoms with Crippen LogP contribution in [0.25, 0.3) is 0 Å². The van der Waals surface area contributed by atoms with Crippen molar-refractivity contribution in [2.75, 3.05) is 11.4 Å². The van der Waals surface area contributed by atoms with Crippen LogP contribution in [0.2, 0.25) is 0 Å². The smallest absolute Gasteiger partial charge is 0.305 e. The molecule has 0 spiro atoms. The maximum Gasteiger partial charge on any atom is 0.305 e. The van der Waals surface area contributed by atoms with Gasteiger partial charge in [-0.15, -0.1) is 0 Å². The average Bonchev–Trinajstić information content (AvgIpc) is 2.38. The van der Waals surface area contributed by atoms with Crippen LogP contribution in [0.3, 0.4) is 0 Å². The highest BCUT2D eigenvalue weighted by atomic mass is 16.4. The lowest BCUT2D eigenvalue weighted by molar-refractivity contribution is -0.136. The molecule has 1 unspecified atom stereocenters. The van der Waals surface area contributed by atoms with Gasteiger partial charge < -0.3 is 15.7 Å². The number of benzene rings is 1. The van der Waals surface area contributed by atoms with Gasteiger partial charge in [0.05, 0.1) is 6.42 Å². The van der Waals surface area contributed by atoms with E-state index in [1.54, 1.807) is 4.90 Å². The zero-order valence-electron chi connectivity index (χ0n) is 12.0. The van der Waals surface area contributed by atoms with Gasteiger partial charge in [0, 0.05) is 24.7 Å². The van der Waals surface area contributed by atoms with Gasteiger partial charge in [0.1, 0.15) is 0 Å². The maximum atomic E-state index is 12.3. The van der Waals surface area contributed by atoms with Crippen molar-refractivity contribution in [2.45, 2.75) is 39.2 Å². The van der Waals surface area contributed by atoms with Crippen LogP contribution in [-0.2, 0) is 9.59 Å². The van der Waals surface area contributed by atoms with Gasteiger partial charge >= 0.3 is 5.97 Å². The van der Waals surface area contributed by atoms with E-state index in [2.05, 4.69) is 0 Å². The van der Waals surface area contributed by atoms with E-state index in [1.165, 1.54) is 0 Å². The van der Waals surface area contributed by atoms with Crippen molar-refractivity contribution < 1.29 is 14.7 Å². The first-order chi connectivity index (χ1) is 9.41. The second-order valence-corrected chi connectivity index (χ2v) is 4.99. The molecule has 1 rings (SSSR count). The van der Waals surface area contributed by atoms with Crippen molar-refractivity contribution >= 4 is 17.6 Å². The number of aliphatic carboxylic acids is 1. The summed E-state index contributed by atoms with van der Waals surface area (Å²) >= 11 is 0. The topological polar surface area (TPSA) is 83.6 Å². The van der Waals surface area contributed by atoms with Gasteiger partial charge in [-0.25, -0.2) is 0 Å². The summed E-state index contributed by atoms with van der Waals surface area (Å²) in [7, 11) is 0. The third-order valence-corrected chi connectivity index (χ3v) is 3.07. The normalized spacial score (nSPS) is 11.9. The fraction of sp³-hybridized carbons (Fsp3) is 0.467. The molecule has 5 nitrogen and oxygen atoms in total. The molecule has 0 saturated heterocycles. The Morgan fingerprint density at radius 3 is 2.50 bits per heavy atom. The summed E-state index contributed by atoms with van der Waals surface area (Å²) in [5, 5.41) is 8.82. The van der Waals surface area contributed by atoms with E-state index in [1.807, 2.05) is 38.1 Å². The van der Waals surface area contributed by atoms with Crippen LogP contribution in [0.15, 0.2) is 24.3 Å². The number of carbonyl (C=O) groups excluding carboxylic acids is 1. The summed E-state index contributed by atoms with van der Waals surface area (Å²) in [5.74, 6) is -0.999. The highest BCUT2D eigenvalue weighted by Gasteiger charge is 2.18. The number of para-hydroxylation sites is 1. The molecule has 1 atom stereocenters. The predicted molar refractivity (Wildman–Crippen MR) is 78.7 cm³/mol. The van der Waals surface area contributed by atoms with E-state index in [0.717, 1.165) is 11.3 Å². The number of carboxylic acids is 1. The SMILES string of the molecule is Cc1ccccc1N(CCC(=O)O)C(=O)CCC(C)N. The molecule has 0 aliphatic heterocycles. The van der Waals surface area contributed by atoms with Crippen molar-refractivity contribution in [3.63, 3.8) is 0 Å². The minimum Gasteiger partial charge on any atom is -0.481 e. The fourth-order valence-corrected chi connectivity index (χ4v) is 1.94. The van der Waals surface area contributed by atoms with Gasteiger partial charge in [-0.2, -0.15) is 0 Å². The quantitative estimate of drug-likeness (QED) is 0.798. The van der Waals surface area contributed by atoms with Crippen LogP contribution >= 0.6 is 0 Å². The highest BCUT2D eigenvalue weighted by Crippen LogP contribution is 2.21. The third kappa shape index (κ3) is 5.01. The number of rotatable bonds is 7. The zero-order chi connectivity index (χ0) is 15.1. The molecule has 0 heterocycles. The van der Waals surface area contributed by atoms with E-state index in [4.69, 9.17) is 10.8 Å². The largest absolute Gasteiger partial charge is 0.481 e. The van der Waals surface area contributed by atoms with Gasteiger partial charge in [0.2, 0.25) is 5.91 Å². The number of hydrogen-bond donors (Lipinski definition) is 2. The lowest BCUT2D eigenvalue weighted by Crippen LogP contribution is -2.34. The number of nitrogens with zero attached hydrogens (tertiary/aromatic N) is 1. The number of carbonyl (C=O) groups is 2. The van der Waals surface area contributed by atoms with Gasteiger partial charge in [0.15, 0.2) is 0 Å². The molecule has 0 fully saturated rings. The Kier molecular flexibility index (Phi) is 6.18. The lowest BCUT2D eigenvalue weighted by Gasteiger charge is -2.24. The maximum absolute atomic E-state index is 12.3. The molecule has 0 aliphatic rings. The van der Waals surface area contributed by atoms with E-state index in [9.17, 15) is 9.59 Å². The minimum atomic E-state index is -0.913. The van der Waals surface area contributed by atoms with Crippen molar-refractivity contribution in [2.24, 2.45) is 5.73 Å². The summed E-state index contributed by atoms with van der Waals surface area (Å²) < 4.78 is 0. The first-order valence-electron chi connectivity index (χ1n) is 6.75. The number of aryl methyl sites for hydroxylation is 1. The van der Waals surface area contributed by atoms with Crippen LogP contribution in [0.5, 0.6) is 0 Å².